The van der Waals surface area contributed by atoms with Gasteiger partial charge in [-0.05, 0) is 25.8 Å². The van der Waals surface area contributed by atoms with Crippen LogP contribution in [0.3, 0.4) is 0 Å². The molecule has 0 amide bonds. The van der Waals surface area contributed by atoms with Crippen LogP contribution in [-0.4, -0.2) is 39.2 Å². The van der Waals surface area contributed by atoms with Crippen molar-refractivity contribution in [2.75, 3.05) is 18.6 Å². The lowest BCUT2D eigenvalue weighted by Crippen LogP contribution is -2.35. The Hall–Kier alpha value is -0.300. The lowest BCUT2D eigenvalue weighted by atomic mass is 9.95. The third-order valence-corrected chi connectivity index (χ3v) is 4.74. The predicted octanol–water partition coefficient (Wildman–Crippen LogP) is 1.35. The van der Waals surface area contributed by atoms with Crippen molar-refractivity contribution in [1.29, 1.82) is 0 Å². The third-order valence-electron chi connectivity index (χ3n) is 2.95. The van der Waals surface area contributed by atoms with Crippen LogP contribution in [0.25, 0.3) is 0 Å². The highest BCUT2D eigenvalue weighted by atomic mass is 32.2. The lowest BCUT2D eigenvalue weighted by Gasteiger charge is -2.22. The summed E-state index contributed by atoms with van der Waals surface area (Å²) in [6.07, 6.45) is -4.63. The second kappa shape index (κ2) is 4.91. The maximum Gasteiger partial charge on any atom is 0.389 e. The predicted molar refractivity (Wildman–Crippen MR) is 54.9 cm³/mol. The van der Waals surface area contributed by atoms with E-state index in [4.69, 9.17) is 0 Å². The molecule has 0 aliphatic carbocycles. The normalized spacial score (nSPS) is 26.9. The van der Waals surface area contributed by atoms with Crippen LogP contribution in [0.2, 0.25) is 0 Å². The molecule has 2 unspecified atom stereocenters. The molecule has 1 rings (SSSR count). The Bertz CT molecular complexity index is 326. The molecule has 0 aromatic carbocycles. The summed E-state index contributed by atoms with van der Waals surface area (Å²) < 4.78 is 58.6. The molecule has 96 valence electrons. The SMILES string of the molecule is CNC(CCC(F)(F)F)C1CCS(=O)(=O)C1. The van der Waals surface area contributed by atoms with E-state index in [2.05, 4.69) is 5.32 Å². The van der Waals surface area contributed by atoms with Crippen LogP contribution >= 0.6 is 0 Å². The van der Waals surface area contributed by atoms with E-state index in [1.807, 2.05) is 0 Å². The van der Waals surface area contributed by atoms with Crippen molar-refractivity contribution in [2.45, 2.75) is 31.5 Å². The minimum absolute atomic E-state index is 0.0103. The first-order valence-electron chi connectivity index (χ1n) is 5.18. The number of halogens is 3. The van der Waals surface area contributed by atoms with Crippen LogP contribution in [0, 0.1) is 5.92 Å². The molecular weight excluding hydrogens is 243 g/mol. The van der Waals surface area contributed by atoms with Crippen molar-refractivity contribution in [3.63, 3.8) is 0 Å². The number of nitrogens with one attached hydrogen (secondary N) is 1. The molecule has 1 heterocycles. The molecule has 16 heavy (non-hydrogen) atoms. The summed E-state index contributed by atoms with van der Waals surface area (Å²) in [7, 11) is -1.45. The Labute approximate surface area is 93.3 Å². The minimum Gasteiger partial charge on any atom is -0.317 e. The molecule has 0 radical (unpaired) electrons. The van der Waals surface area contributed by atoms with E-state index in [0.717, 1.165) is 0 Å². The van der Waals surface area contributed by atoms with Gasteiger partial charge >= 0.3 is 6.18 Å². The summed E-state index contributed by atoms with van der Waals surface area (Å²) in [5, 5.41) is 2.79. The number of sulfone groups is 1. The number of rotatable bonds is 4. The Morgan fingerprint density at radius 2 is 2.06 bits per heavy atom. The second-order valence-electron chi connectivity index (χ2n) is 4.21. The lowest BCUT2D eigenvalue weighted by molar-refractivity contribution is -0.137. The van der Waals surface area contributed by atoms with Gasteiger partial charge in [-0.25, -0.2) is 8.42 Å². The van der Waals surface area contributed by atoms with Gasteiger partial charge in [0.1, 0.15) is 0 Å². The van der Waals surface area contributed by atoms with Crippen molar-refractivity contribution in [3.8, 4) is 0 Å². The third kappa shape index (κ3) is 4.29. The summed E-state index contributed by atoms with van der Waals surface area (Å²) in [5.74, 6) is -0.0737. The van der Waals surface area contributed by atoms with E-state index in [9.17, 15) is 21.6 Å². The molecule has 1 N–H and O–H groups in total. The van der Waals surface area contributed by atoms with E-state index in [-0.39, 0.29) is 29.9 Å². The highest BCUT2D eigenvalue weighted by Gasteiger charge is 2.35. The summed E-state index contributed by atoms with van der Waals surface area (Å²) in [5.41, 5.74) is 0. The van der Waals surface area contributed by atoms with Crippen molar-refractivity contribution in [3.05, 3.63) is 0 Å². The molecule has 1 aliphatic rings. The molecular formula is C9H16F3NO2S. The van der Waals surface area contributed by atoms with Crippen molar-refractivity contribution < 1.29 is 21.6 Å². The van der Waals surface area contributed by atoms with Gasteiger partial charge in [0, 0.05) is 12.5 Å². The fourth-order valence-electron chi connectivity index (χ4n) is 2.08. The van der Waals surface area contributed by atoms with Gasteiger partial charge in [0.2, 0.25) is 0 Å². The molecule has 0 saturated carbocycles. The Kier molecular flexibility index (Phi) is 4.23. The molecule has 0 aromatic heterocycles. The molecule has 2 atom stereocenters. The summed E-state index contributed by atoms with van der Waals surface area (Å²) in [4.78, 5) is 0. The summed E-state index contributed by atoms with van der Waals surface area (Å²) >= 11 is 0. The fourth-order valence-corrected chi connectivity index (χ4v) is 3.96. The van der Waals surface area contributed by atoms with E-state index >= 15 is 0 Å². The standard InChI is InChI=1S/C9H16F3NO2S/c1-13-8(2-4-9(10,11)12)7-3-5-16(14,15)6-7/h7-8,13H,2-6H2,1H3. The highest BCUT2D eigenvalue weighted by Crippen LogP contribution is 2.28. The van der Waals surface area contributed by atoms with Gasteiger partial charge < -0.3 is 5.32 Å². The van der Waals surface area contributed by atoms with Crippen LogP contribution in [0.1, 0.15) is 19.3 Å². The van der Waals surface area contributed by atoms with Gasteiger partial charge in [-0.3, -0.25) is 0 Å². The maximum atomic E-state index is 12.0. The highest BCUT2D eigenvalue weighted by molar-refractivity contribution is 7.91. The Morgan fingerprint density at radius 3 is 2.44 bits per heavy atom. The zero-order valence-electron chi connectivity index (χ0n) is 9.05. The average Bonchev–Trinajstić information content (AvgIpc) is 2.45. The Balaban J connectivity index is 2.50. The molecule has 0 spiro atoms. The van der Waals surface area contributed by atoms with Crippen LogP contribution in [0.4, 0.5) is 13.2 Å². The van der Waals surface area contributed by atoms with Gasteiger partial charge in [0.05, 0.1) is 11.5 Å². The second-order valence-corrected chi connectivity index (χ2v) is 6.44. The first kappa shape index (κ1) is 13.8. The van der Waals surface area contributed by atoms with Gasteiger partial charge in [-0.1, -0.05) is 0 Å². The molecule has 3 nitrogen and oxygen atoms in total. The van der Waals surface area contributed by atoms with Gasteiger partial charge in [-0.2, -0.15) is 13.2 Å². The van der Waals surface area contributed by atoms with Crippen molar-refractivity contribution in [1.82, 2.24) is 5.32 Å². The number of hydrogen-bond acceptors (Lipinski definition) is 3. The maximum absolute atomic E-state index is 12.0. The average molecular weight is 259 g/mol. The smallest absolute Gasteiger partial charge is 0.317 e. The topological polar surface area (TPSA) is 46.2 Å². The Morgan fingerprint density at radius 1 is 1.44 bits per heavy atom. The number of hydrogen-bond donors (Lipinski definition) is 1. The van der Waals surface area contributed by atoms with Gasteiger partial charge in [0.15, 0.2) is 9.84 Å². The van der Waals surface area contributed by atoms with E-state index in [1.165, 1.54) is 0 Å². The van der Waals surface area contributed by atoms with E-state index < -0.39 is 22.4 Å². The first-order chi connectivity index (χ1) is 7.23. The first-order valence-corrected chi connectivity index (χ1v) is 7.00. The van der Waals surface area contributed by atoms with E-state index in [0.29, 0.717) is 6.42 Å². The molecule has 7 heteroatoms. The van der Waals surface area contributed by atoms with Crippen LogP contribution in [0.5, 0.6) is 0 Å². The van der Waals surface area contributed by atoms with E-state index in [1.54, 1.807) is 7.05 Å². The molecule has 0 bridgehead atoms. The van der Waals surface area contributed by atoms with Gasteiger partial charge in [0.25, 0.3) is 0 Å². The zero-order chi connectivity index (χ0) is 12.4. The largest absolute Gasteiger partial charge is 0.389 e. The van der Waals surface area contributed by atoms with Crippen molar-refractivity contribution in [2.24, 2.45) is 5.92 Å². The fraction of sp³-hybridized carbons (Fsp3) is 1.00. The molecule has 1 aliphatic heterocycles. The van der Waals surface area contributed by atoms with Crippen LogP contribution < -0.4 is 5.32 Å². The van der Waals surface area contributed by atoms with Crippen LogP contribution in [-0.2, 0) is 9.84 Å². The monoisotopic (exact) mass is 259 g/mol. The minimum atomic E-state index is -4.17. The zero-order valence-corrected chi connectivity index (χ0v) is 9.87. The van der Waals surface area contributed by atoms with Gasteiger partial charge in [-0.15, -0.1) is 0 Å². The summed E-state index contributed by atoms with van der Waals surface area (Å²) in [6.45, 7) is 0. The molecule has 0 aromatic rings. The van der Waals surface area contributed by atoms with Crippen molar-refractivity contribution >= 4 is 9.84 Å². The van der Waals surface area contributed by atoms with Crippen LogP contribution in [0.15, 0.2) is 0 Å². The quantitative estimate of drug-likeness (QED) is 0.829. The molecule has 1 saturated heterocycles. The molecule has 1 fully saturated rings. The number of alkyl halides is 3. The summed E-state index contributed by atoms with van der Waals surface area (Å²) in [6, 6.07) is -0.362.